The lowest BCUT2D eigenvalue weighted by atomic mass is 10.1. The lowest BCUT2D eigenvalue weighted by molar-refractivity contribution is 0.156. The Morgan fingerprint density at radius 2 is 2.05 bits per heavy atom. The number of hydrogen-bond donors (Lipinski definition) is 3. The Balaban J connectivity index is 2.34. The fourth-order valence-corrected chi connectivity index (χ4v) is 1.71. The summed E-state index contributed by atoms with van der Waals surface area (Å²) >= 11 is 0. The highest BCUT2D eigenvalue weighted by Crippen LogP contribution is 2.15. The number of urea groups is 1. The predicted octanol–water partition coefficient (Wildman–Crippen LogP) is 2.42. The second kappa shape index (κ2) is 8.35. The Bertz CT molecular complexity index is 443. The van der Waals surface area contributed by atoms with Gasteiger partial charge in [-0.1, -0.05) is 24.3 Å². The normalized spacial score (nSPS) is 11.9. The fourth-order valence-electron chi connectivity index (χ4n) is 1.71. The zero-order chi connectivity index (χ0) is 15.0. The number of carbonyl (C=O) groups is 1. The number of carbonyl (C=O) groups excluding carboxylic acids is 1. The summed E-state index contributed by atoms with van der Waals surface area (Å²) in [7, 11) is 0. The molecule has 0 aliphatic carbocycles. The van der Waals surface area contributed by atoms with Crippen molar-refractivity contribution in [1.29, 1.82) is 0 Å². The lowest BCUT2D eigenvalue weighted by Crippen LogP contribution is -2.23. The number of primary amides is 1. The van der Waals surface area contributed by atoms with Crippen LogP contribution in [0.25, 0.3) is 0 Å². The molecule has 0 bridgehead atoms. The van der Waals surface area contributed by atoms with E-state index in [0.717, 1.165) is 17.7 Å². The van der Waals surface area contributed by atoms with Gasteiger partial charge in [0.2, 0.25) is 0 Å². The Kier molecular flexibility index (Phi) is 6.76. The Hall–Kier alpha value is -1.85. The molecule has 110 valence electrons. The summed E-state index contributed by atoms with van der Waals surface area (Å²) in [5.41, 5.74) is 7.91. The molecule has 0 saturated heterocycles. The van der Waals surface area contributed by atoms with E-state index < -0.39 is 6.03 Å². The third-order valence-corrected chi connectivity index (χ3v) is 2.72. The zero-order valence-corrected chi connectivity index (χ0v) is 12.1. The molecule has 0 fully saturated rings. The van der Waals surface area contributed by atoms with Crippen molar-refractivity contribution in [3.8, 4) is 0 Å². The van der Waals surface area contributed by atoms with Crippen LogP contribution >= 0.6 is 0 Å². The molecule has 0 saturated carbocycles. The smallest absolute Gasteiger partial charge is 0.316 e. The molecule has 1 rings (SSSR count). The highest BCUT2D eigenvalue weighted by atomic mass is 16.5. The second-order valence-electron chi connectivity index (χ2n) is 4.80. The summed E-state index contributed by atoms with van der Waals surface area (Å²) in [6.45, 7) is 9.83. The van der Waals surface area contributed by atoms with Crippen molar-refractivity contribution in [2.24, 2.45) is 5.73 Å². The zero-order valence-electron chi connectivity index (χ0n) is 12.1. The number of benzene rings is 1. The first-order valence-corrected chi connectivity index (χ1v) is 6.61. The van der Waals surface area contributed by atoms with Gasteiger partial charge in [-0.15, -0.1) is 0 Å². The van der Waals surface area contributed by atoms with Gasteiger partial charge < -0.3 is 21.1 Å². The molecule has 5 heteroatoms. The Morgan fingerprint density at radius 3 is 2.60 bits per heavy atom. The average Bonchev–Trinajstić information content (AvgIpc) is 2.38. The minimum atomic E-state index is -0.557. The van der Waals surface area contributed by atoms with Crippen LogP contribution in [0.4, 0.5) is 10.5 Å². The highest BCUT2D eigenvalue weighted by Gasteiger charge is 2.04. The number of nitrogens with two attached hydrogens (primary N) is 1. The minimum Gasteiger partial charge on any atom is -0.376 e. The van der Waals surface area contributed by atoms with E-state index in [9.17, 15) is 4.79 Å². The first kappa shape index (κ1) is 16.2. The summed E-state index contributed by atoms with van der Waals surface area (Å²) in [4.78, 5) is 10.7. The molecule has 1 aromatic carbocycles. The van der Waals surface area contributed by atoms with Gasteiger partial charge in [-0.25, -0.2) is 4.79 Å². The Labute approximate surface area is 120 Å². The van der Waals surface area contributed by atoms with Crippen LogP contribution in [0.3, 0.4) is 0 Å². The molecular weight excluding hydrogens is 254 g/mol. The van der Waals surface area contributed by atoms with Crippen molar-refractivity contribution in [2.45, 2.75) is 19.9 Å². The third-order valence-electron chi connectivity index (χ3n) is 2.72. The van der Waals surface area contributed by atoms with Crippen molar-refractivity contribution in [1.82, 2.24) is 5.32 Å². The van der Waals surface area contributed by atoms with Crippen LogP contribution in [0.2, 0.25) is 0 Å². The van der Waals surface area contributed by atoms with Crippen LogP contribution in [-0.2, 0) is 4.74 Å². The molecule has 1 unspecified atom stereocenters. The fraction of sp³-hybridized carbons (Fsp3) is 0.400. The van der Waals surface area contributed by atoms with E-state index in [-0.39, 0.29) is 6.04 Å². The van der Waals surface area contributed by atoms with Crippen LogP contribution in [0.5, 0.6) is 0 Å². The van der Waals surface area contributed by atoms with E-state index in [1.807, 2.05) is 31.2 Å². The van der Waals surface area contributed by atoms with Crippen LogP contribution in [0.1, 0.15) is 25.5 Å². The number of amides is 2. The number of rotatable bonds is 8. The highest BCUT2D eigenvalue weighted by molar-refractivity contribution is 5.87. The number of hydrogen-bond acceptors (Lipinski definition) is 3. The Morgan fingerprint density at radius 1 is 1.40 bits per heavy atom. The van der Waals surface area contributed by atoms with Gasteiger partial charge in [0.1, 0.15) is 0 Å². The quantitative estimate of drug-likeness (QED) is 0.504. The molecule has 1 atom stereocenters. The number of anilines is 1. The monoisotopic (exact) mass is 277 g/mol. The van der Waals surface area contributed by atoms with E-state index in [0.29, 0.717) is 18.9 Å². The molecular formula is C15H23N3O2. The lowest BCUT2D eigenvalue weighted by Gasteiger charge is -2.15. The maximum absolute atomic E-state index is 10.7. The summed E-state index contributed by atoms with van der Waals surface area (Å²) < 4.78 is 5.42. The van der Waals surface area contributed by atoms with Gasteiger partial charge in [0.05, 0.1) is 13.2 Å². The molecule has 5 nitrogen and oxygen atoms in total. The maximum atomic E-state index is 10.7. The average molecular weight is 277 g/mol. The van der Waals surface area contributed by atoms with Gasteiger partial charge in [-0.2, -0.15) is 0 Å². The van der Waals surface area contributed by atoms with Gasteiger partial charge in [0.25, 0.3) is 0 Å². The molecule has 0 aliphatic heterocycles. The molecule has 4 N–H and O–H groups in total. The summed E-state index contributed by atoms with van der Waals surface area (Å²) in [5, 5.41) is 5.90. The van der Waals surface area contributed by atoms with Crippen molar-refractivity contribution in [2.75, 3.05) is 25.1 Å². The van der Waals surface area contributed by atoms with Crippen LogP contribution in [0, 0.1) is 0 Å². The third kappa shape index (κ3) is 6.36. The number of nitrogens with one attached hydrogen (secondary N) is 2. The SMILES string of the molecule is C=C(C)COCCNC(C)c1ccc(NC(N)=O)cc1. The van der Waals surface area contributed by atoms with Crippen molar-refractivity contribution >= 4 is 11.7 Å². The van der Waals surface area contributed by atoms with Crippen LogP contribution < -0.4 is 16.4 Å². The van der Waals surface area contributed by atoms with Gasteiger partial charge in [0, 0.05) is 18.3 Å². The van der Waals surface area contributed by atoms with E-state index in [2.05, 4.69) is 24.1 Å². The summed E-state index contributed by atoms with van der Waals surface area (Å²) in [5.74, 6) is 0. The minimum absolute atomic E-state index is 0.214. The molecule has 0 aromatic heterocycles. The van der Waals surface area contributed by atoms with Gasteiger partial charge in [-0.3, -0.25) is 0 Å². The topological polar surface area (TPSA) is 76.4 Å². The van der Waals surface area contributed by atoms with Crippen LogP contribution in [-0.4, -0.2) is 25.8 Å². The van der Waals surface area contributed by atoms with E-state index >= 15 is 0 Å². The largest absolute Gasteiger partial charge is 0.376 e. The van der Waals surface area contributed by atoms with Gasteiger partial charge in [0.15, 0.2) is 0 Å². The molecule has 0 radical (unpaired) electrons. The molecule has 0 spiro atoms. The standard InChI is InChI=1S/C15H23N3O2/c1-11(2)10-20-9-8-17-12(3)13-4-6-14(7-5-13)18-15(16)19/h4-7,12,17H,1,8-10H2,2-3H3,(H3,16,18,19). The maximum Gasteiger partial charge on any atom is 0.316 e. The van der Waals surface area contributed by atoms with Crippen molar-refractivity contribution in [3.63, 3.8) is 0 Å². The van der Waals surface area contributed by atoms with Gasteiger partial charge in [-0.05, 0) is 31.5 Å². The van der Waals surface area contributed by atoms with E-state index in [1.54, 1.807) is 0 Å². The van der Waals surface area contributed by atoms with Gasteiger partial charge >= 0.3 is 6.03 Å². The molecule has 0 aliphatic rings. The predicted molar refractivity (Wildman–Crippen MR) is 81.7 cm³/mol. The van der Waals surface area contributed by atoms with Crippen molar-refractivity contribution < 1.29 is 9.53 Å². The first-order valence-electron chi connectivity index (χ1n) is 6.61. The molecule has 20 heavy (non-hydrogen) atoms. The summed E-state index contributed by atoms with van der Waals surface area (Å²) in [6, 6.07) is 7.23. The number of ether oxygens (including phenoxy) is 1. The second-order valence-corrected chi connectivity index (χ2v) is 4.80. The molecule has 0 heterocycles. The summed E-state index contributed by atoms with van der Waals surface area (Å²) in [6.07, 6.45) is 0. The first-order chi connectivity index (χ1) is 9.49. The molecule has 2 amide bonds. The van der Waals surface area contributed by atoms with Crippen molar-refractivity contribution in [3.05, 3.63) is 42.0 Å². The van der Waals surface area contributed by atoms with E-state index in [4.69, 9.17) is 10.5 Å². The van der Waals surface area contributed by atoms with E-state index in [1.165, 1.54) is 0 Å². The molecule has 1 aromatic rings. The van der Waals surface area contributed by atoms with Crippen LogP contribution in [0.15, 0.2) is 36.4 Å².